The van der Waals surface area contributed by atoms with Crippen LogP contribution in [0.1, 0.15) is 25.8 Å². The summed E-state index contributed by atoms with van der Waals surface area (Å²) < 4.78 is 5.97. The van der Waals surface area contributed by atoms with Gasteiger partial charge < -0.3 is 15.2 Å². The van der Waals surface area contributed by atoms with Gasteiger partial charge in [0.05, 0.1) is 6.54 Å². The molecule has 1 unspecified atom stereocenters. The second kappa shape index (κ2) is 7.62. The molecule has 1 atom stereocenters. The predicted molar refractivity (Wildman–Crippen MR) is 77.8 cm³/mol. The first kappa shape index (κ1) is 16.1. The molecule has 0 aliphatic rings. The van der Waals surface area contributed by atoms with Crippen LogP contribution in [-0.4, -0.2) is 30.8 Å². The molecule has 0 spiro atoms. The number of benzene rings is 1. The first-order chi connectivity index (χ1) is 9.01. The van der Waals surface area contributed by atoms with E-state index in [0.717, 1.165) is 10.0 Å². The molecule has 0 radical (unpaired) electrons. The molecule has 0 heterocycles. The van der Waals surface area contributed by atoms with Crippen LogP contribution in [0.3, 0.4) is 0 Å². The number of hydrogen-bond donors (Lipinski definition) is 2. The highest BCUT2D eigenvalue weighted by atomic mass is 79.9. The lowest BCUT2D eigenvalue weighted by Gasteiger charge is -2.27. The SMILES string of the molecule is CCOCC(=O)NCC(O)(CC)c1ccc(Br)cc1. The fraction of sp³-hybridized carbons (Fsp3) is 0.500. The molecule has 0 saturated heterocycles. The minimum atomic E-state index is -1.05. The first-order valence-corrected chi connectivity index (χ1v) is 7.14. The fourth-order valence-electron chi connectivity index (χ4n) is 1.68. The normalized spacial score (nSPS) is 13.9. The monoisotopic (exact) mass is 329 g/mol. The summed E-state index contributed by atoms with van der Waals surface area (Å²) in [6, 6.07) is 7.44. The van der Waals surface area contributed by atoms with Crippen LogP contribution in [-0.2, 0) is 15.1 Å². The van der Waals surface area contributed by atoms with Gasteiger partial charge in [-0.2, -0.15) is 0 Å². The number of halogens is 1. The van der Waals surface area contributed by atoms with Crippen LogP contribution in [0.15, 0.2) is 28.7 Å². The van der Waals surface area contributed by atoms with Crippen molar-refractivity contribution in [1.29, 1.82) is 0 Å². The van der Waals surface area contributed by atoms with Gasteiger partial charge in [0.1, 0.15) is 12.2 Å². The highest BCUT2D eigenvalue weighted by Gasteiger charge is 2.27. The zero-order valence-corrected chi connectivity index (χ0v) is 12.9. The smallest absolute Gasteiger partial charge is 0.246 e. The van der Waals surface area contributed by atoms with Crippen LogP contribution in [0.5, 0.6) is 0 Å². The van der Waals surface area contributed by atoms with Gasteiger partial charge >= 0.3 is 0 Å². The molecule has 5 heteroatoms. The van der Waals surface area contributed by atoms with Gasteiger partial charge in [0, 0.05) is 11.1 Å². The standard InChI is InChI=1S/C14H20BrNO3/c1-3-14(18,10-16-13(17)9-19-4-2)11-5-7-12(15)8-6-11/h5-8,18H,3-4,9-10H2,1-2H3,(H,16,17). The maximum atomic E-state index is 11.5. The third-order valence-corrected chi connectivity index (χ3v) is 3.51. The van der Waals surface area contributed by atoms with Crippen molar-refractivity contribution in [3.8, 4) is 0 Å². The van der Waals surface area contributed by atoms with Crippen molar-refractivity contribution < 1.29 is 14.6 Å². The Kier molecular flexibility index (Phi) is 6.48. The minimum Gasteiger partial charge on any atom is -0.383 e. The molecule has 1 rings (SSSR count). The van der Waals surface area contributed by atoms with Gasteiger partial charge in [0.25, 0.3) is 0 Å². The molecule has 0 aromatic heterocycles. The highest BCUT2D eigenvalue weighted by molar-refractivity contribution is 9.10. The Morgan fingerprint density at radius 1 is 1.37 bits per heavy atom. The summed E-state index contributed by atoms with van der Waals surface area (Å²) >= 11 is 3.36. The molecule has 0 bridgehead atoms. The van der Waals surface area contributed by atoms with Crippen LogP contribution in [0.2, 0.25) is 0 Å². The summed E-state index contributed by atoms with van der Waals surface area (Å²) in [5.41, 5.74) is -0.266. The Balaban J connectivity index is 2.65. The van der Waals surface area contributed by atoms with E-state index in [0.29, 0.717) is 13.0 Å². The maximum absolute atomic E-state index is 11.5. The van der Waals surface area contributed by atoms with Crippen molar-refractivity contribution >= 4 is 21.8 Å². The Morgan fingerprint density at radius 3 is 2.53 bits per heavy atom. The van der Waals surface area contributed by atoms with E-state index in [9.17, 15) is 9.90 Å². The van der Waals surface area contributed by atoms with E-state index in [-0.39, 0.29) is 19.1 Å². The van der Waals surface area contributed by atoms with E-state index in [4.69, 9.17) is 4.74 Å². The van der Waals surface area contributed by atoms with Crippen molar-refractivity contribution in [1.82, 2.24) is 5.32 Å². The number of amides is 1. The summed E-state index contributed by atoms with van der Waals surface area (Å²) in [4.78, 5) is 11.5. The summed E-state index contributed by atoms with van der Waals surface area (Å²) in [6.07, 6.45) is 0.517. The minimum absolute atomic E-state index is 0.0244. The van der Waals surface area contributed by atoms with Crippen molar-refractivity contribution in [3.05, 3.63) is 34.3 Å². The van der Waals surface area contributed by atoms with Gasteiger partial charge in [0.15, 0.2) is 0 Å². The third-order valence-electron chi connectivity index (χ3n) is 2.98. The number of hydrogen-bond acceptors (Lipinski definition) is 3. The van der Waals surface area contributed by atoms with Gasteiger partial charge in [0.2, 0.25) is 5.91 Å². The van der Waals surface area contributed by atoms with E-state index < -0.39 is 5.60 Å². The topological polar surface area (TPSA) is 58.6 Å². The second-order valence-electron chi connectivity index (χ2n) is 4.31. The highest BCUT2D eigenvalue weighted by Crippen LogP contribution is 2.25. The lowest BCUT2D eigenvalue weighted by Crippen LogP contribution is -2.41. The molecule has 1 aromatic rings. The number of ether oxygens (including phenoxy) is 1. The maximum Gasteiger partial charge on any atom is 0.246 e. The fourth-order valence-corrected chi connectivity index (χ4v) is 1.95. The summed E-state index contributed by atoms with van der Waals surface area (Å²) in [5, 5.41) is 13.3. The van der Waals surface area contributed by atoms with E-state index in [2.05, 4.69) is 21.2 Å². The molecule has 0 fully saturated rings. The molecule has 4 nitrogen and oxygen atoms in total. The van der Waals surface area contributed by atoms with Gasteiger partial charge in [-0.3, -0.25) is 4.79 Å². The zero-order valence-electron chi connectivity index (χ0n) is 11.3. The average molecular weight is 330 g/mol. The summed E-state index contributed by atoms with van der Waals surface area (Å²) in [5.74, 6) is -0.217. The van der Waals surface area contributed by atoms with Crippen LogP contribution in [0.4, 0.5) is 0 Å². The van der Waals surface area contributed by atoms with Crippen LogP contribution < -0.4 is 5.32 Å². The number of carbonyl (C=O) groups is 1. The molecule has 0 aliphatic heterocycles. The van der Waals surface area contributed by atoms with E-state index in [1.807, 2.05) is 38.1 Å². The number of carbonyl (C=O) groups excluding carboxylic acids is 1. The Labute approximate surface area is 122 Å². The predicted octanol–water partition coefficient (Wildman–Crippen LogP) is 2.20. The average Bonchev–Trinajstić information content (AvgIpc) is 2.43. The Bertz CT molecular complexity index is 408. The van der Waals surface area contributed by atoms with Gasteiger partial charge in [-0.05, 0) is 31.0 Å². The molecule has 19 heavy (non-hydrogen) atoms. The zero-order chi connectivity index (χ0) is 14.3. The molecular weight excluding hydrogens is 310 g/mol. The van der Waals surface area contributed by atoms with E-state index in [1.165, 1.54) is 0 Å². The van der Waals surface area contributed by atoms with Crippen molar-refractivity contribution in [2.24, 2.45) is 0 Å². The molecule has 106 valence electrons. The van der Waals surface area contributed by atoms with Gasteiger partial charge in [-0.1, -0.05) is 35.0 Å². The van der Waals surface area contributed by atoms with Gasteiger partial charge in [-0.25, -0.2) is 0 Å². The van der Waals surface area contributed by atoms with Crippen LogP contribution in [0.25, 0.3) is 0 Å². The second-order valence-corrected chi connectivity index (χ2v) is 5.22. The van der Waals surface area contributed by atoms with E-state index >= 15 is 0 Å². The van der Waals surface area contributed by atoms with E-state index in [1.54, 1.807) is 0 Å². The summed E-state index contributed by atoms with van der Waals surface area (Å²) in [7, 11) is 0. The largest absolute Gasteiger partial charge is 0.383 e. The molecule has 0 aliphatic carbocycles. The molecule has 1 aromatic carbocycles. The van der Waals surface area contributed by atoms with Crippen LogP contribution >= 0.6 is 15.9 Å². The lowest BCUT2D eigenvalue weighted by molar-refractivity contribution is -0.126. The Morgan fingerprint density at radius 2 is 2.00 bits per heavy atom. The number of nitrogens with one attached hydrogen (secondary N) is 1. The Hall–Kier alpha value is -0.910. The quantitative estimate of drug-likeness (QED) is 0.806. The van der Waals surface area contributed by atoms with Crippen molar-refractivity contribution in [2.75, 3.05) is 19.8 Å². The molecule has 2 N–H and O–H groups in total. The molecule has 0 saturated carbocycles. The van der Waals surface area contributed by atoms with Gasteiger partial charge in [-0.15, -0.1) is 0 Å². The van der Waals surface area contributed by atoms with Crippen LogP contribution in [0, 0.1) is 0 Å². The first-order valence-electron chi connectivity index (χ1n) is 6.34. The lowest BCUT2D eigenvalue weighted by atomic mass is 9.91. The molecule has 1 amide bonds. The number of aliphatic hydroxyl groups is 1. The van der Waals surface area contributed by atoms with Crippen molar-refractivity contribution in [2.45, 2.75) is 25.9 Å². The summed E-state index contributed by atoms with van der Waals surface area (Å²) in [6.45, 7) is 4.42. The number of rotatable bonds is 7. The van der Waals surface area contributed by atoms with Crippen molar-refractivity contribution in [3.63, 3.8) is 0 Å². The third kappa shape index (κ3) is 4.93. The molecular formula is C14H20BrNO3.